The number of rotatable bonds is 3. The molecule has 8 heteroatoms. The van der Waals surface area contributed by atoms with Gasteiger partial charge in [0.15, 0.2) is 5.03 Å². The van der Waals surface area contributed by atoms with E-state index in [1.54, 1.807) is 19.2 Å². The molecule has 3 rings (SSSR count). The van der Waals surface area contributed by atoms with E-state index in [2.05, 4.69) is 5.10 Å². The number of aromatic nitrogens is 2. The molecule has 0 aliphatic carbocycles. The first-order valence-electron chi connectivity index (χ1n) is 6.83. The Kier molecular flexibility index (Phi) is 3.75. The molecule has 22 heavy (non-hydrogen) atoms. The van der Waals surface area contributed by atoms with Crippen LogP contribution in [0, 0.1) is 5.82 Å². The van der Waals surface area contributed by atoms with E-state index in [9.17, 15) is 17.9 Å². The largest absolute Gasteiger partial charge is 0.392 e. The molecule has 1 fully saturated rings. The Morgan fingerprint density at radius 1 is 1.27 bits per heavy atom. The van der Waals surface area contributed by atoms with Crippen LogP contribution in [0.15, 0.2) is 41.6 Å². The fourth-order valence-electron chi connectivity index (χ4n) is 2.77. The number of nitrogens with zero attached hydrogens (tertiary/aromatic N) is 3. The average molecular weight is 325 g/mol. The van der Waals surface area contributed by atoms with E-state index in [0.717, 1.165) is 0 Å². The molecule has 0 saturated carbocycles. The monoisotopic (exact) mass is 325 g/mol. The lowest BCUT2D eigenvalue weighted by Gasteiger charge is -2.23. The minimum atomic E-state index is -3.79. The Morgan fingerprint density at radius 3 is 2.55 bits per heavy atom. The van der Waals surface area contributed by atoms with E-state index in [1.165, 1.54) is 33.4 Å². The predicted octanol–water partition coefficient (Wildman–Crippen LogP) is 1.06. The average Bonchev–Trinajstić information content (AvgIpc) is 3.06. The highest BCUT2D eigenvalue weighted by atomic mass is 32.2. The minimum absolute atomic E-state index is 0.00948. The van der Waals surface area contributed by atoms with Gasteiger partial charge in [0, 0.05) is 13.6 Å². The van der Waals surface area contributed by atoms with E-state index >= 15 is 0 Å². The fourth-order valence-corrected chi connectivity index (χ4v) is 4.54. The number of benzene rings is 1. The van der Waals surface area contributed by atoms with Gasteiger partial charge in [-0.05, 0) is 30.2 Å². The number of halogens is 1. The van der Waals surface area contributed by atoms with Gasteiger partial charge in [-0.1, -0.05) is 12.1 Å². The van der Waals surface area contributed by atoms with Crippen molar-refractivity contribution in [2.75, 3.05) is 6.54 Å². The molecule has 118 valence electrons. The zero-order valence-electron chi connectivity index (χ0n) is 11.9. The molecule has 0 unspecified atom stereocenters. The molecule has 0 radical (unpaired) electrons. The molecule has 1 aliphatic heterocycles. The lowest BCUT2D eigenvalue weighted by molar-refractivity contribution is 0.188. The van der Waals surface area contributed by atoms with Crippen molar-refractivity contribution in [2.24, 2.45) is 7.05 Å². The third kappa shape index (κ3) is 2.53. The van der Waals surface area contributed by atoms with Gasteiger partial charge in [0.05, 0.1) is 18.3 Å². The Bertz CT molecular complexity index is 773. The molecule has 1 aromatic carbocycles. The van der Waals surface area contributed by atoms with Crippen molar-refractivity contribution in [3.05, 3.63) is 47.9 Å². The molecule has 0 amide bonds. The minimum Gasteiger partial charge on any atom is -0.392 e. The van der Waals surface area contributed by atoms with E-state index < -0.39 is 22.2 Å². The number of hydrogen-bond donors (Lipinski definition) is 1. The van der Waals surface area contributed by atoms with Crippen molar-refractivity contribution < 1.29 is 17.9 Å². The second-order valence-corrected chi connectivity index (χ2v) is 7.16. The van der Waals surface area contributed by atoms with Crippen molar-refractivity contribution >= 4 is 10.0 Å². The third-order valence-electron chi connectivity index (χ3n) is 3.84. The van der Waals surface area contributed by atoms with Crippen LogP contribution in [0.5, 0.6) is 0 Å². The SMILES string of the molecule is Cn1nccc1S(=O)(=O)N1C[C@H](O)C[C@H]1c1ccc(F)cc1. The first-order chi connectivity index (χ1) is 10.4. The summed E-state index contributed by atoms with van der Waals surface area (Å²) in [6, 6.07) is 6.56. The van der Waals surface area contributed by atoms with Crippen LogP contribution in [0.25, 0.3) is 0 Å². The second-order valence-electron chi connectivity index (χ2n) is 5.32. The number of aryl methyl sites for hydroxylation is 1. The summed E-state index contributed by atoms with van der Waals surface area (Å²) in [5.41, 5.74) is 0.656. The van der Waals surface area contributed by atoms with Crippen LogP contribution in [-0.2, 0) is 17.1 Å². The Labute approximate surface area is 127 Å². The number of sulfonamides is 1. The van der Waals surface area contributed by atoms with Gasteiger partial charge in [-0.3, -0.25) is 4.68 Å². The molecular weight excluding hydrogens is 309 g/mol. The van der Waals surface area contributed by atoms with Crippen LogP contribution in [0.2, 0.25) is 0 Å². The number of aliphatic hydroxyl groups excluding tert-OH is 1. The van der Waals surface area contributed by atoms with Crippen LogP contribution >= 0.6 is 0 Å². The summed E-state index contributed by atoms with van der Waals surface area (Å²) in [5.74, 6) is -0.386. The first-order valence-corrected chi connectivity index (χ1v) is 8.27. The lowest BCUT2D eigenvalue weighted by atomic mass is 10.0. The molecule has 2 heterocycles. The van der Waals surface area contributed by atoms with Crippen LogP contribution in [-0.4, -0.2) is 40.3 Å². The lowest BCUT2D eigenvalue weighted by Crippen LogP contribution is -2.33. The molecule has 1 aliphatic rings. The quantitative estimate of drug-likeness (QED) is 0.915. The summed E-state index contributed by atoms with van der Waals surface area (Å²) in [6.45, 7) is 0.00948. The smallest absolute Gasteiger partial charge is 0.260 e. The van der Waals surface area contributed by atoms with Crippen LogP contribution in [0.4, 0.5) is 4.39 Å². The highest BCUT2D eigenvalue weighted by Gasteiger charge is 2.41. The molecule has 1 N–H and O–H groups in total. The number of hydrogen-bond acceptors (Lipinski definition) is 4. The number of aliphatic hydroxyl groups is 1. The summed E-state index contributed by atoms with van der Waals surface area (Å²) in [4.78, 5) is 0. The normalized spacial score (nSPS) is 23.0. The van der Waals surface area contributed by atoms with E-state index in [4.69, 9.17) is 0 Å². The molecule has 0 spiro atoms. The molecule has 2 aromatic rings. The van der Waals surface area contributed by atoms with Gasteiger partial charge in [-0.15, -0.1) is 0 Å². The molecule has 0 bridgehead atoms. The maximum absolute atomic E-state index is 13.1. The Morgan fingerprint density at radius 2 is 1.95 bits per heavy atom. The molecule has 6 nitrogen and oxygen atoms in total. The molecule has 1 saturated heterocycles. The van der Waals surface area contributed by atoms with Gasteiger partial charge in [-0.2, -0.15) is 9.40 Å². The molecular formula is C14H16FN3O3S. The predicted molar refractivity (Wildman–Crippen MR) is 76.9 cm³/mol. The van der Waals surface area contributed by atoms with Gasteiger partial charge < -0.3 is 5.11 Å². The Balaban J connectivity index is 2.01. The van der Waals surface area contributed by atoms with E-state index in [-0.39, 0.29) is 23.8 Å². The molecule has 1 aromatic heterocycles. The topological polar surface area (TPSA) is 75.4 Å². The summed E-state index contributed by atoms with van der Waals surface area (Å²) in [7, 11) is -2.24. The van der Waals surface area contributed by atoms with E-state index in [0.29, 0.717) is 5.56 Å². The maximum Gasteiger partial charge on any atom is 0.260 e. The van der Waals surface area contributed by atoms with Crippen LogP contribution < -0.4 is 0 Å². The molecule has 2 atom stereocenters. The highest BCUT2D eigenvalue weighted by Crippen LogP contribution is 2.36. The van der Waals surface area contributed by atoms with Crippen molar-refractivity contribution in [2.45, 2.75) is 23.6 Å². The van der Waals surface area contributed by atoms with Gasteiger partial charge in [0.2, 0.25) is 0 Å². The summed E-state index contributed by atoms with van der Waals surface area (Å²) in [5, 5.41) is 13.9. The first kappa shape index (κ1) is 15.1. The Hall–Kier alpha value is -1.77. The highest BCUT2D eigenvalue weighted by molar-refractivity contribution is 7.89. The van der Waals surface area contributed by atoms with Gasteiger partial charge in [0.25, 0.3) is 10.0 Å². The van der Waals surface area contributed by atoms with Gasteiger partial charge in [0.1, 0.15) is 5.82 Å². The van der Waals surface area contributed by atoms with Gasteiger partial charge in [-0.25, -0.2) is 12.8 Å². The summed E-state index contributed by atoms with van der Waals surface area (Å²) < 4.78 is 41.2. The van der Waals surface area contributed by atoms with Crippen molar-refractivity contribution in [1.29, 1.82) is 0 Å². The fraction of sp³-hybridized carbons (Fsp3) is 0.357. The zero-order chi connectivity index (χ0) is 15.9. The van der Waals surface area contributed by atoms with E-state index in [1.807, 2.05) is 0 Å². The third-order valence-corrected chi connectivity index (χ3v) is 5.79. The van der Waals surface area contributed by atoms with Crippen LogP contribution in [0.1, 0.15) is 18.0 Å². The summed E-state index contributed by atoms with van der Waals surface area (Å²) >= 11 is 0. The van der Waals surface area contributed by atoms with Gasteiger partial charge >= 0.3 is 0 Å². The van der Waals surface area contributed by atoms with Crippen molar-refractivity contribution in [3.63, 3.8) is 0 Å². The number of β-amino-alcohol motifs (C(OH)–C–C–N with tert-alkyl or cyclic N) is 1. The van der Waals surface area contributed by atoms with Crippen molar-refractivity contribution in [3.8, 4) is 0 Å². The van der Waals surface area contributed by atoms with Crippen LogP contribution in [0.3, 0.4) is 0 Å². The standard InChI is InChI=1S/C14H16FN3O3S/c1-17-14(6-7-16-17)22(20,21)18-9-12(19)8-13(18)10-2-4-11(15)5-3-10/h2-7,12-13,19H,8-9H2,1H3/t12-,13+/m1/s1. The summed E-state index contributed by atoms with van der Waals surface area (Å²) in [6.07, 6.45) is 0.938. The second kappa shape index (κ2) is 5.45. The zero-order valence-corrected chi connectivity index (χ0v) is 12.7. The van der Waals surface area contributed by atoms with Crippen molar-refractivity contribution in [1.82, 2.24) is 14.1 Å². The maximum atomic E-state index is 13.1.